The summed E-state index contributed by atoms with van der Waals surface area (Å²) in [5.74, 6) is 2.36. The summed E-state index contributed by atoms with van der Waals surface area (Å²) in [5.41, 5.74) is 1.18. The third-order valence-corrected chi connectivity index (χ3v) is 3.80. The van der Waals surface area contributed by atoms with Gasteiger partial charge in [-0.25, -0.2) is 0 Å². The van der Waals surface area contributed by atoms with Crippen molar-refractivity contribution in [2.75, 3.05) is 35.5 Å². The fourth-order valence-corrected chi connectivity index (χ4v) is 2.44. The summed E-state index contributed by atoms with van der Waals surface area (Å²) in [4.78, 5) is 12.6. The third kappa shape index (κ3) is 4.08. The van der Waals surface area contributed by atoms with Crippen LogP contribution in [0.1, 0.15) is 15.9 Å². The lowest BCUT2D eigenvalue weighted by Gasteiger charge is -2.13. The Morgan fingerprint density at radius 2 is 1.38 bits per heavy atom. The quantitative estimate of drug-likeness (QED) is 0.530. The van der Waals surface area contributed by atoms with Gasteiger partial charge in [0.25, 0.3) is 0 Å². The van der Waals surface area contributed by atoms with Gasteiger partial charge in [-0.15, -0.1) is 0 Å². The molecule has 138 valence electrons. The number of methoxy groups -OCH3 is 5. The number of carbonyl (C=O) groups is 1. The van der Waals surface area contributed by atoms with E-state index in [9.17, 15) is 4.79 Å². The lowest BCUT2D eigenvalue weighted by molar-refractivity contribution is 0.104. The molecule has 0 radical (unpaired) electrons. The standard InChI is InChI=1S/C20H22O6/c1-22-15-8-6-13(17(12-15)23-2)7-9-16(21)14-10-18(24-3)20(26-5)19(11-14)25-4/h6-12H,1-5H3. The van der Waals surface area contributed by atoms with Crippen LogP contribution in [0.25, 0.3) is 6.08 Å². The average Bonchev–Trinajstić information content (AvgIpc) is 2.70. The first-order valence-electron chi connectivity index (χ1n) is 7.82. The number of hydrogen-bond acceptors (Lipinski definition) is 6. The molecule has 0 unspecified atom stereocenters. The van der Waals surface area contributed by atoms with E-state index < -0.39 is 0 Å². The fourth-order valence-electron chi connectivity index (χ4n) is 2.44. The third-order valence-electron chi connectivity index (χ3n) is 3.80. The topological polar surface area (TPSA) is 63.2 Å². The number of rotatable bonds is 8. The highest BCUT2D eigenvalue weighted by Gasteiger charge is 2.16. The molecule has 0 amide bonds. The lowest BCUT2D eigenvalue weighted by atomic mass is 10.1. The van der Waals surface area contributed by atoms with Crippen LogP contribution in [0.4, 0.5) is 0 Å². The van der Waals surface area contributed by atoms with Crippen LogP contribution >= 0.6 is 0 Å². The zero-order chi connectivity index (χ0) is 19.1. The van der Waals surface area contributed by atoms with E-state index in [2.05, 4.69) is 0 Å². The van der Waals surface area contributed by atoms with Gasteiger partial charge in [0.05, 0.1) is 35.5 Å². The van der Waals surface area contributed by atoms with Gasteiger partial charge >= 0.3 is 0 Å². The van der Waals surface area contributed by atoms with Crippen molar-refractivity contribution in [3.8, 4) is 28.7 Å². The highest BCUT2D eigenvalue weighted by Crippen LogP contribution is 2.38. The van der Waals surface area contributed by atoms with Crippen molar-refractivity contribution in [3.63, 3.8) is 0 Å². The molecule has 6 heteroatoms. The van der Waals surface area contributed by atoms with E-state index in [1.165, 1.54) is 27.4 Å². The van der Waals surface area contributed by atoms with Gasteiger partial charge in [0, 0.05) is 17.2 Å². The first-order valence-corrected chi connectivity index (χ1v) is 7.82. The molecule has 0 aliphatic rings. The minimum Gasteiger partial charge on any atom is -0.497 e. The molecule has 2 aromatic rings. The molecule has 0 aliphatic heterocycles. The number of ketones is 1. The van der Waals surface area contributed by atoms with Crippen LogP contribution < -0.4 is 23.7 Å². The van der Waals surface area contributed by atoms with E-state index in [-0.39, 0.29) is 5.78 Å². The van der Waals surface area contributed by atoms with Crippen molar-refractivity contribution in [2.45, 2.75) is 0 Å². The molecular weight excluding hydrogens is 336 g/mol. The molecule has 6 nitrogen and oxygen atoms in total. The molecule has 26 heavy (non-hydrogen) atoms. The van der Waals surface area contributed by atoms with Crippen LogP contribution in [0.5, 0.6) is 28.7 Å². The van der Waals surface area contributed by atoms with Crippen molar-refractivity contribution in [3.05, 3.63) is 47.5 Å². The smallest absolute Gasteiger partial charge is 0.203 e. The van der Waals surface area contributed by atoms with E-state index in [1.807, 2.05) is 6.07 Å². The Kier molecular flexibility index (Phi) is 6.49. The SMILES string of the molecule is COc1ccc(C=CC(=O)c2cc(OC)c(OC)c(OC)c2)c(OC)c1. The normalized spacial score (nSPS) is 10.5. The Bertz CT molecular complexity index is 785. The maximum atomic E-state index is 12.6. The van der Waals surface area contributed by atoms with Gasteiger partial charge in [-0.05, 0) is 36.4 Å². The van der Waals surface area contributed by atoms with E-state index in [4.69, 9.17) is 23.7 Å². The van der Waals surface area contributed by atoms with Crippen LogP contribution in [0.15, 0.2) is 36.4 Å². The van der Waals surface area contributed by atoms with Crippen LogP contribution in [-0.2, 0) is 0 Å². The van der Waals surface area contributed by atoms with E-state index >= 15 is 0 Å². The molecule has 0 atom stereocenters. The molecule has 2 aromatic carbocycles. The van der Waals surface area contributed by atoms with E-state index in [0.717, 1.165) is 5.56 Å². The molecule has 0 N–H and O–H groups in total. The molecule has 0 aromatic heterocycles. The molecule has 0 spiro atoms. The van der Waals surface area contributed by atoms with E-state index in [0.29, 0.717) is 34.3 Å². The average molecular weight is 358 g/mol. The van der Waals surface area contributed by atoms with Gasteiger partial charge < -0.3 is 23.7 Å². The largest absolute Gasteiger partial charge is 0.497 e. The van der Waals surface area contributed by atoms with Crippen molar-refractivity contribution >= 4 is 11.9 Å². The molecule has 0 heterocycles. The van der Waals surface area contributed by atoms with Crippen molar-refractivity contribution < 1.29 is 28.5 Å². The molecule has 0 saturated heterocycles. The maximum Gasteiger partial charge on any atom is 0.203 e. The van der Waals surface area contributed by atoms with Gasteiger partial charge in [-0.1, -0.05) is 0 Å². The highest BCUT2D eigenvalue weighted by molar-refractivity contribution is 6.07. The Balaban J connectivity index is 2.34. The summed E-state index contributed by atoms with van der Waals surface area (Å²) in [6.07, 6.45) is 3.15. The Morgan fingerprint density at radius 3 is 1.88 bits per heavy atom. The first-order chi connectivity index (χ1) is 12.6. The van der Waals surface area contributed by atoms with Crippen molar-refractivity contribution in [2.24, 2.45) is 0 Å². The molecule has 0 saturated carbocycles. The summed E-state index contributed by atoms with van der Waals surface area (Å²) >= 11 is 0. The summed E-state index contributed by atoms with van der Waals surface area (Å²) in [6, 6.07) is 8.59. The maximum absolute atomic E-state index is 12.6. The van der Waals surface area contributed by atoms with Crippen LogP contribution in [-0.4, -0.2) is 41.3 Å². The van der Waals surface area contributed by atoms with Gasteiger partial charge in [0.15, 0.2) is 17.3 Å². The second-order valence-electron chi connectivity index (χ2n) is 5.22. The minimum atomic E-state index is -0.206. The first kappa shape index (κ1) is 19.2. The molecule has 0 bridgehead atoms. The number of ether oxygens (including phenoxy) is 5. The number of benzene rings is 2. The highest BCUT2D eigenvalue weighted by atomic mass is 16.5. The Morgan fingerprint density at radius 1 is 0.769 bits per heavy atom. The monoisotopic (exact) mass is 358 g/mol. The number of allylic oxidation sites excluding steroid dienone is 1. The minimum absolute atomic E-state index is 0.206. The van der Waals surface area contributed by atoms with Crippen molar-refractivity contribution in [1.82, 2.24) is 0 Å². The Labute approximate surface area is 152 Å². The van der Waals surface area contributed by atoms with Gasteiger partial charge in [-0.3, -0.25) is 4.79 Å². The number of hydrogen-bond donors (Lipinski definition) is 0. The Hall–Kier alpha value is -3.15. The zero-order valence-electron chi connectivity index (χ0n) is 15.5. The molecule has 0 fully saturated rings. The summed E-state index contributed by atoms with van der Waals surface area (Å²) in [7, 11) is 7.66. The predicted octanol–water partition coefficient (Wildman–Crippen LogP) is 3.63. The van der Waals surface area contributed by atoms with Crippen LogP contribution in [0.2, 0.25) is 0 Å². The van der Waals surface area contributed by atoms with Crippen LogP contribution in [0, 0.1) is 0 Å². The van der Waals surface area contributed by atoms with Gasteiger partial charge in [-0.2, -0.15) is 0 Å². The summed E-state index contributed by atoms with van der Waals surface area (Å²) in [5, 5.41) is 0. The molecular formula is C20H22O6. The molecule has 0 aliphatic carbocycles. The zero-order valence-corrected chi connectivity index (χ0v) is 15.5. The van der Waals surface area contributed by atoms with Crippen LogP contribution in [0.3, 0.4) is 0 Å². The van der Waals surface area contributed by atoms with Crippen molar-refractivity contribution in [1.29, 1.82) is 0 Å². The van der Waals surface area contributed by atoms with Gasteiger partial charge in [0.2, 0.25) is 5.75 Å². The summed E-state index contributed by atoms with van der Waals surface area (Å²) in [6.45, 7) is 0. The lowest BCUT2D eigenvalue weighted by Crippen LogP contribution is -2.00. The predicted molar refractivity (Wildman–Crippen MR) is 99.0 cm³/mol. The van der Waals surface area contributed by atoms with Gasteiger partial charge in [0.1, 0.15) is 11.5 Å². The second-order valence-corrected chi connectivity index (χ2v) is 5.22. The second kappa shape index (κ2) is 8.80. The molecule has 2 rings (SSSR count). The van der Waals surface area contributed by atoms with E-state index in [1.54, 1.807) is 44.6 Å². The number of carbonyl (C=O) groups excluding carboxylic acids is 1. The fraction of sp³-hybridized carbons (Fsp3) is 0.250. The summed E-state index contributed by atoms with van der Waals surface area (Å²) < 4.78 is 26.3.